The first kappa shape index (κ1) is 22.5. The third kappa shape index (κ3) is 6.08. The van der Waals surface area contributed by atoms with Crippen LogP contribution in [-0.2, 0) is 23.6 Å². The molecule has 0 fully saturated rings. The van der Waals surface area contributed by atoms with Crippen LogP contribution in [0.5, 0.6) is 0 Å². The number of rotatable bonds is 5. The number of halogens is 7. The van der Waals surface area contributed by atoms with Gasteiger partial charge in [-0.15, -0.1) is 0 Å². The summed E-state index contributed by atoms with van der Waals surface area (Å²) in [5, 5.41) is 11.3. The summed E-state index contributed by atoms with van der Waals surface area (Å²) in [7, 11) is 0. The Morgan fingerprint density at radius 3 is 2.00 bits per heavy atom. The number of aromatic nitrogens is 1. The normalized spacial score (nSPS) is 13.1. The highest BCUT2D eigenvalue weighted by atomic mass is 35.5. The number of carbonyl (C=O) groups excluding carboxylic acids is 1. The number of nitrogens with zero attached hydrogens (tertiary/aromatic N) is 1. The summed E-state index contributed by atoms with van der Waals surface area (Å²) in [6.45, 7) is 0. The lowest BCUT2D eigenvalue weighted by atomic mass is 10.0. The van der Waals surface area contributed by atoms with Crippen molar-refractivity contribution < 1.29 is 41.0 Å². The highest BCUT2D eigenvalue weighted by molar-refractivity contribution is 6.29. The molecule has 156 valence electrons. The van der Waals surface area contributed by atoms with E-state index in [2.05, 4.69) is 4.98 Å². The van der Waals surface area contributed by atoms with E-state index in [0.717, 1.165) is 0 Å². The van der Waals surface area contributed by atoms with E-state index < -0.39 is 47.0 Å². The van der Waals surface area contributed by atoms with E-state index in [-0.39, 0.29) is 29.8 Å². The van der Waals surface area contributed by atoms with Gasteiger partial charge in [0.2, 0.25) is 0 Å². The molecule has 12 heteroatoms. The molecule has 0 unspecified atom stereocenters. The van der Waals surface area contributed by atoms with E-state index in [1.54, 1.807) is 0 Å². The highest BCUT2D eigenvalue weighted by Gasteiger charge is 2.37. The number of carboxylic acid groups (broad SMARTS) is 1. The highest BCUT2D eigenvalue weighted by Crippen LogP contribution is 2.36. The number of hydrogen-bond donors (Lipinski definition) is 2. The van der Waals surface area contributed by atoms with Crippen molar-refractivity contribution >= 4 is 23.5 Å². The van der Waals surface area contributed by atoms with Crippen LogP contribution in [0.4, 0.5) is 26.3 Å². The molecular formula is C17H11ClF6N2O3. The lowest BCUT2D eigenvalue weighted by molar-refractivity contribution is -0.143. The number of carbonyl (C=O) groups is 2. The second kappa shape index (κ2) is 8.27. The first-order valence-electron chi connectivity index (χ1n) is 7.71. The molecule has 0 saturated heterocycles. The number of carboxylic acids is 1. The Hall–Kier alpha value is -2.82. The van der Waals surface area contributed by atoms with Crippen molar-refractivity contribution in [3.05, 3.63) is 63.9 Å². The molecule has 1 amide bonds. The fourth-order valence-corrected chi connectivity index (χ4v) is 2.40. The SMILES string of the molecule is O=C(N[C@@H](Cc1ccc(Cl)nc1)C(=O)O)c1cc(C(F)(F)F)cc(C(F)(F)F)c1. The second-order valence-corrected chi connectivity index (χ2v) is 6.24. The molecule has 0 aliphatic carbocycles. The Labute approximate surface area is 164 Å². The quantitative estimate of drug-likeness (QED) is 0.539. The zero-order valence-electron chi connectivity index (χ0n) is 14.1. The molecule has 1 aromatic heterocycles. The molecule has 29 heavy (non-hydrogen) atoms. The van der Waals surface area contributed by atoms with Crippen molar-refractivity contribution in [2.75, 3.05) is 0 Å². The average Bonchev–Trinajstić information content (AvgIpc) is 2.61. The van der Waals surface area contributed by atoms with Gasteiger partial charge in [0, 0.05) is 18.2 Å². The van der Waals surface area contributed by atoms with Gasteiger partial charge < -0.3 is 10.4 Å². The van der Waals surface area contributed by atoms with Crippen LogP contribution in [0.15, 0.2) is 36.5 Å². The van der Waals surface area contributed by atoms with Crippen molar-refractivity contribution in [3.8, 4) is 0 Å². The summed E-state index contributed by atoms with van der Waals surface area (Å²) in [6, 6.07) is 1.42. The van der Waals surface area contributed by atoms with Gasteiger partial charge in [-0.05, 0) is 29.8 Å². The first-order chi connectivity index (χ1) is 13.3. The van der Waals surface area contributed by atoms with Crippen LogP contribution in [0, 0.1) is 0 Å². The Morgan fingerprint density at radius 1 is 1.03 bits per heavy atom. The van der Waals surface area contributed by atoms with Gasteiger partial charge in [-0.25, -0.2) is 9.78 Å². The minimum atomic E-state index is -5.14. The fourth-order valence-electron chi connectivity index (χ4n) is 2.29. The molecule has 1 aromatic carbocycles. The zero-order valence-corrected chi connectivity index (χ0v) is 14.9. The van der Waals surface area contributed by atoms with Crippen LogP contribution in [0.25, 0.3) is 0 Å². The van der Waals surface area contributed by atoms with E-state index >= 15 is 0 Å². The van der Waals surface area contributed by atoms with Gasteiger partial charge in [-0.2, -0.15) is 26.3 Å². The smallest absolute Gasteiger partial charge is 0.416 e. The third-order valence-electron chi connectivity index (χ3n) is 3.68. The van der Waals surface area contributed by atoms with Gasteiger partial charge in [0.05, 0.1) is 11.1 Å². The Bertz CT molecular complexity index is 881. The Morgan fingerprint density at radius 2 is 1.59 bits per heavy atom. The molecule has 2 aromatic rings. The van der Waals surface area contributed by atoms with Gasteiger partial charge in [-0.3, -0.25) is 4.79 Å². The Balaban J connectivity index is 2.33. The molecule has 5 nitrogen and oxygen atoms in total. The van der Waals surface area contributed by atoms with E-state index in [4.69, 9.17) is 11.6 Å². The maximum absolute atomic E-state index is 12.9. The molecule has 0 aliphatic heterocycles. The van der Waals surface area contributed by atoms with Crippen LogP contribution in [-0.4, -0.2) is 28.0 Å². The van der Waals surface area contributed by atoms with Gasteiger partial charge >= 0.3 is 18.3 Å². The van der Waals surface area contributed by atoms with E-state index in [1.165, 1.54) is 18.3 Å². The molecule has 0 bridgehead atoms. The second-order valence-electron chi connectivity index (χ2n) is 5.85. The number of pyridine rings is 1. The number of nitrogens with one attached hydrogen (secondary N) is 1. The summed E-state index contributed by atoms with van der Waals surface area (Å²) in [4.78, 5) is 27.3. The predicted molar refractivity (Wildman–Crippen MR) is 88.3 cm³/mol. The average molecular weight is 441 g/mol. The lowest BCUT2D eigenvalue weighted by Gasteiger charge is -2.17. The van der Waals surface area contributed by atoms with Crippen molar-refractivity contribution in [3.63, 3.8) is 0 Å². The van der Waals surface area contributed by atoms with Crippen molar-refractivity contribution in [1.82, 2.24) is 10.3 Å². The molecule has 0 aliphatic rings. The van der Waals surface area contributed by atoms with Crippen molar-refractivity contribution in [2.45, 2.75) is 24.8 Å². The van der Waals surface area contributed by atoms with Crippen molar-refractivity contribution in [1.29, 1.82) is 0 Å². The van der Waals surface area contributed by atoms with E-state index in [9.17, 15) is 41.0 Å². The largest absolute Gasteiger partial charge is 0.480 e. The lowest BCUT2D eigenvalue weighted by Crippen LogP contribution is -2.42. The first-order valence-corrected chi connectivity index (χ1v) is 8.09. The van der Waals surface area contributed by atoms with E-state index in [1.807, 2.05) is 5.32 Å². The minimum absolute atomic E-state index is 0.119. The molecule has 0 saturated carbocycles. The molecule has 0 radical (unpaired) electrons. The van der Waals surface area contributed by atoms with Crippen LogP contribution in [0.3, 0.4) is 0 Å². The third-order valence-corrected chi connectivity index (χ3v) is 3.91. The number of alkyl halides is 6. The van der Waals surface area contributed by atoms with Crippen LogP contribution < -0.4 is 5.32 Å². The molecule has 1 heterocycles. The number of benzene rings is 1. The van der Waals surface area contributed by atoms with Crippen LogP contribution in [0.1, 0.15) is 27.0 Å². The Kier molecular flexibility index (Phi) is 6.41. The summed E-state index contributed by atoms with van der Waals surface area (Å²) in [5.41, 5.74) is -4.03. The summed E-state index contributed by atoms with van der Waals surface area (Å²) >= 11 is 5.60. The van der Waals surface area contributed by atoms with Gasteiger partial charge in [0.25, 0.3) is 5.91 Å². The molecular weight excluding hydrogens is 430 g/mol. The fraction of sp³-hybridized carbons (Fsp3) is 0.235. The predicted octanol–water partition coefficient (Wildman–Crippen LogP) is 4.20. The maximum atomic E-state index is 12.9. The maximum Gasteiger partial charge on any atom is 0.416 e. The van der Waals surface area contributed by atoms with Gasteiger partial charge in [0.15, 0.2) is 0 Å². The van der Waals surface area contributed by atoms with Crippen LogP contribution in [0.2, 0.25) is 5.15 Å². The number of aliphatic carboxylic acids is 1. The molecule has 1 atom stereocenters. The minimum Gasteiger partial charge on any atom is -0.480 e. The topological polar surface area (TPSA) is 79.3 Å². The zero-order chi connectivity index (χ0) is 22.0. The van der Waals surface area contributed by atoms with Gasteiger partial charge in [-0.1, -0.05) is 17.7 Å². The standard InChI is InChI=1S/C17H11ClF6N2O3/c18-13-2-1-8(7-25-13)3-12(15(28)29)26-14(27)9-4-10(16(19,20)21)6-11(5-9)17(22,23)24/h1-2,4-7,12H,3H2,(H,26,27)(H,28,29)/t12-/m0/s1. The summed E-state index contributed by atoms with van der Waals surface area (Å²) < 4.78 is 77.4. The van der Waals surface area contributed by atoms with Crippen LogP contribution >= 0.6 is 11.6 Å². The van der Waals surface area contributed by atoms with Gasteiger partial charge in [0.1, 0.15) is 11.2 Å². The summed E-state index contributed by atoms with van der Waals surface area (Å²) in [5.74, 6) is -2.95. The van der Waals surface area contributed by atoms with E-state index in [0.29, 0.717) is 5.56 Å². The molecule has 2 N–H and O–H groups in total. The van der Waals surface area contributed by atoms with Crippen molar-refractivity contribution in [2.24, 2.45) is 0 Å². The number of amides is 1. The monoisotopic (exact) mass is 440 g/mol. The number of hydrogen-bond acceptors (Lipinski definition) is 3. The molecule has 0 spiro atoms. The molecule has 2 rings (SSSR count). The summed E-state index contributed by atoms with van der Waals surface area (Å²) in [6.07, 6.45) is -9.39.